The number of hydrogen-bond donors (Lipinski definition) is 2. The minimum Gasteiger partial charge on any atom is -0.384 e. The van der Waals surface area contributed by atoms with Crippen molar-refractivity contribution in [3.8, 4) is 11.1 Å². The van der Waals surface area contributed by atoms with E-state index in [0.717, 1.165) is 35.3 Å². The molecule has 11 heteroatoms. The number of nitrogens with one attached hydrogen (secondary N) is 2. The number of hydrogen-bond acceptors (Lipinski definition) is 7. The Balaban J connectivity index is 1.62. The number of ether oxygens (including phenoxy) is 1. The van der Waals surface area contributed by atoms with E-state index in [0.29, 0.717) is 10.2 Å². The van der Waals surface area contributed by atoms with Crippen molar-refractivity contribution in [2.75, 3.05) is 26.0 Å². The Labute approximate surface area is 200 Å². The number of rotatable bonds is 10. The minimum atomic E-state index is -3.97. The van der Waals surface area contributed by atoms with E-state index < -0.39 is 21.0 Å². The highest BCUT2D eigenvalue weighted by Crippen LogP contribution is 2.34. The number of methoxy groups -OCH3 is 1. The van der Waals surface area contributed by atoms with Crippen LogP contribution in [-0.2, 0) is 24.2 Å². The molecule has 8 nitrogen and oxygen atoms in total. The highest BCUT2D eigenvalue weighted by molar-refractivity contribution is 7.92. The van der Waals surface area contributed by atoms with Gasteiger partial charge in [-0.05, 0) is 48.2 Å². The molecular weight excluding hydrogens is 481 g/mol. The second-order valence-corrected chi connectivity index (χ2v) is 11.3. The molecule has 1 fully saturated rings. The van der Waals surface area contributed by atoms with E-state index in [9.17, 15) is 22.4 Å². The number of halogens is 1. The molecule has 0 spiro atoms. The Kier molecular flexibility index (Phi) is 7.24. The first kappa shape index (κ1) is 24.2. The van der Waals surface area contributed by atoms with Gasteiger partial charge in [0.05, 0.1) is 29.1 Å². The highest BCUT2D eigenvalue weighted by atomic mass is 32.2. The third-order valence-electron chi connectivity index (χ3n) is 5.34. The van der Waals surface area contributed by atoms with E-state index in [1.54, 1.807) is 24.3 Å². The first-order valence-corrected chi connectivity index (χ1v) is 13.2. The maximum Gasteiger partial charge on any atom is 0.245 e. The summed E-state index contributed by atoms with van der Waals surface area (Å²) in [6, 6.07) is 11.5. The predicted octanol–water partition coefficient (Wildman–Crippen LogP) is 2.60. The number of carbonyl (C=O) groups is 2. The van der Waals surface area contributed by atoms with Crippen LogP contribution >= 0.6 is 11.3 Å². The molecule has 180 valence electrons. The molecule has 1 aromatic heterocycles. The molecule has 0 saturated heterocycles. The smallest absolute Gasteiger partial charge is 0.245 e. The summed E-state index contributed by atoms with van der Waals surface area (Å²) in [5.74, 6) is -1.88. The second-order valence-electron chi connectivity index (χ2n) is 8.04. The first-order valence-electron chi connectivity index (χ1n) is 10.7. The van der Waals surface area contributed by atoms with Gasteiger partial charge in [-0.2, -0.15) is 0 Å². The standard InChI is InChI=1S/C23H24FN3O5S2/c1-32-10-11-34(30,31)21(22(29)25-13-20(28)26-17-7-8-17)23-27-18-12-15(4-9-19(18)33-23)14-2-5-16(24)6-3-14/h2-6,9,12,17,21H,7-8,10-11,13H2,1H3,(H,25,29)(H,26,28). The van der Waals surface area contributed by atoms with Gasteiger partial charge in [0.2, 0.25) is 11.8 Å². The topological polar surface area (TPSA) is 114 Å². The summed E-state index contributed by atoms with van der Waals surface area (Å²) in [5, 5.41) is 3.74. The van der Waals surface area contributed by atoms with Gasteiger partial charge in [-0.25, -0.2) is 17.8 Å². The van der Waals surface area contributed by atoms with E-state index in [2.05, 4.69) is 15.6 Å². The van der Waals surface area contributed by atoms with Crippen molar-refractivity contribution in [3.63, 3.8) is 0 Å². The molecule has 1 aliphatic rings. The Bertz CT molecular complexity index is 1300. The fourth-order valence-electron chi connectivity index (χ4n) is 3.39. The maximum atomic E-state index is 13.3. The van der Waals surface area contributed by atoms with Gasteiger partial charge >= 0.3 is 0 Å². The Morgan fingerprint density at radius 3 is 2.56 bits per heavy atom. The molecule has 1 atom stereocenters. The molecule has 2 amide bonds. The van der Waals surface area contributed by atoms with Gasteiger partial charge in [0.15, 0.2) is 15.1 Å². The molecule has 1 saturated carbocycles. The lowest BCUT2D eigenvalue weighted by Gasteiger charge is -2.15. The molecule has 0 aliphatic heterocycles. The average molecular weight is 506 g/mol. The van der Waals surface area contributed by atoms with Crippen molar-refractivity contribution in [3.05, 3.63) is 53.3 Å². The number of carbonyl (C=O) groups excluding carboxylic acids is 2. The molecule has 0 radical (unpaired) electrons. The number of aromatic nitrogens is 1. The monoisotopic (exact) mass is 505 g/mol. The number of thiazole rings is 1. The fraction of sp³-hybridized carbons (Fsp3) is 0.348. The summed E-state index contributed by atoms with van der Waals surface area (Å²) >= 11 is 1.10. The molecule has 1 heterocycles. The molecular formula is C23H24FN3O5S2. The lowest BCUT2D eigenvalue weighted by molar-refractivity contribution is -0.126. The normalized spacial score (nSPS) is 14.6. The van der Waals surface area contributed by atoms with Crippen molar-refractivity contribution in [1.29, 1.82) is 0 Å². The van der Waals surface area contributed by atoms with Crippen LogP contribution in [0.5, 0.6) is 0 Å². The summed E-state index contributed by atoms with van der Waals surface area (Å²) in [6.07, 6.45) is 1.80. The van der Waals surface area contributed by atoms with Crippen LogP contribution in [0.25, 0.3) is 21.3 Å². The third kappa shape index (κ3) is 5.78. The largest absolute Gasteiger partial charge is 0.384 e. The lowest BCUT2D eigenvalue weighted by Crippen LogP contribution is -2.41. The molecule has 1 aliphatic carbocycles. The molecule has 3 aromatic rings. The van der Waals surface area contributed by atoms with Gasteiger partial charge in [0, 0.05) is 13.2 Å². The molecule has 34 heavy (non-hydrogen) atoms. The van der Waals surface area contributed by atoms with Crippen LogP contribution in [0.15, 0.2) is 42.5 Å². The summed E-state index contributed by atoms with van der Waals surface area (Å²) in [4.78, 5) is 29.4. The third-order valence-corrected chi connectivity index (χ3v) is 8.48. The van der Waals surface area contributed by atoms with Gasteiger partial charge < -0.3 is 15.4 Å². The highest BCUT2D eigenvalue weighted by Gasteiger charge is 2.37. The molecule has 2 aromatic carbocycles. The van der Waals surface area contributed by atoms with Crippen LogP contribution in [0, 0.1) is 5.82 Å². The number of nitrogens with zero attached hydrogens (tertiary/aromatic N) is 1. The average Bonchev–Trinajstić information content (AvgIpc) is 3.52. The zero-order valence-corrected chi connectivity index (χ0v) is 20.0. The van der Waals surface area contributed by atoms with Crippen LogP contribution in [0.4, 0.5) is 4.39 Å². The predicted molar refractivity (Wildman–Crippen MR) is 128 cm³/mol. The summed E-state index contributed by atoms with van der Waals surface area (Å²) in [5.41, 5.74) is 2.08. The van der Waals surface area contributed by atoms with Gasteiger partial charge in [0.25, 0.3) is 0 Å². The molecule has 4 rings (SSSR count). The van der Waals surface area contributed by atoms with Crippen LogP contribution in [0.1, 0.15) is 23.1 Å². The summed E-state index contributed by atoms with van der Waals surface area (Å²) in [7, 11) is -2.60. The van der Waals surface area contributed by atoms with E-state index in [1.165, 1.54) is 19.2 Å². The van der Waals surface area contributed by atoms with Crippen LogP contribution in [-0.4, -0.2) is 57.3 Å². The maximum absolute atomic E-state index is 13.3. The number of fused-ring (bicyclic) bond motifs is 1. The SMILES string of the molecule is COCCS(=O)(=O)C(C(=O)NCC(=O)NC1CC1)c1nc2cc(-c3ccc(F)cc3)ccc2s1. The van der Waals surface area contributed by atoms with Crippen LogP contribution in [0.3, 0.4) is 0 Å². The fourth-order valence-corrected chi connectivity index (χ4v) is 6.31. The zero-order chi connectivity index (χ0) is 24.3. The minimum absolute atomic E-state index is 0.0755. The van der Waals surface area contributed by atoms with Gasteiger partial charge in [0.1, 0.15) is 10.8 Å². The number of amides is 2. The lowest BCUT2D eigenvalue weighted by atomic mass is 10.1. The molecule has 2 N–H and O–H groups in total. The van der Waals surface area contributed by atoms with Crippen LogP contribution < -0.4 is 10.6 Å². The van der Waals surface area contributed by atoms with Crippen molar-refractivity contribution < 1.29 is 27.1 Å². The summed E-state index contributed by atoms with van der Waals surface area (Å²) in [6.45, 7) is -0.390. The van der Waals surface area contributed by atoms with Gasteiger partial charge in [-0.1, -0.05) is 18.2 Å². The van der Waals surface area contributed by atoms with Crippen molar-refractivity contribution >= 4 is 43.2 Å². The van der Waals surface area contributed by atoms with Crippen molar-refractivity contribution in [2.24, 2.45) is 0 Å². The number of sulfone groups is 1. The van der Waals surface area contributed by atoms with E-state index >= 15 is 0 Å². The number of benzene rings is 2. The second kappa shape index (κ2) is 10.2. The van der Waals surface area contributed by atoms with Gasteiger partial charge in [-0.15, -0.1) is 11.3 Å². The summed E-state index contributed by atoms with van der Waals surface area (Å²) < 4.78 is 45.0. The Morgan fingerprint density at radius 2 is 1.88 bits per heavy atom. The zero-order valence-electron chi connectivity index (χ0n) is 18.4. The van der Waals surface area contributed by atoms with Crippen molar-refractivity contribution in [1.82, 2.24) is 15.6 Å². The van der Waals surface area contributed by atoms with Crippen LogP contribution in [0.2, 0.25) is 0 Å². The van der Waals surface area contributed by atoms with E-state index in [1.807, 2.05) is 6.07 Å². The first-order chi connectivity index (χ1) is 16.3. The van der Waals surface area contributed by atoms with E-state index in [-0.39, 0.29) is 41.7 Å². The Hall–Kier alpha value is -2.89. The quantitative estimate of drug-likeness (QED) is 0.438. The molecule has 0 bridgehead atoms. The molecule has 1 unspecified atom stereocenters. The van der Waals surface area contributed by atoms with Crippen molar-refractivity contribution in [2.45, 2.75) is 24.1 Å². The van der Waals surface area contributed by atoms with E-state index in [4.69, 9.17) is 4.74 Å². The Morgan fingerprint density at radius 1 is 1.18 bits per heavy atom. The van der Waals surface area contributed by atoms with Gasteiger partial charge in [-0.3, -0.25) is 9.59 Å².